The van der Waals surface area contributed by atoms with Gasteiger partial charge in [0.05, 0.1) is 7.11 Å². The Bertz CT molecular complexity index is 572. The van der Waals surface area contributed by atoms with Gasteiger partial charge in [0.1, 0.15) is 23.7 Å². The minimum absolute atomic E-state index is 0.660. The molecule has 20 heavy (non-hydrogen) atoms. The second kappa shape index (κ2) is 6.75. The van der Waals surface area contributed by atoms with Crippen molar-refractivity contribution in [1.29, 1.82) is 0 Å². The molecule has 2 rings (SSSR count). The first-order chi connectivity index (χ1) is 9.76. The van der Waals surface area contributed by atoms with E-state index in [0.717, 1.165) is 35.1 Å². The van der Waals surface area contributed by atoms with E-state index in [1.165, 1.54) is 0 Å². The Hall–Kier alpha value is -2.30. The Kier molecular flexibility index (Phi) is 4.76. The number of anilines is 2. The maximum atomic E-state index is 5.34. The maximum Gasteiger partial charge on any atom is 0.134 e. The van der Waals surface area contributed by atoms with Gasteiger partial charge in [0.25, 0.3) is 0 Å². The second-order valence-corrected chi connectivity index (χ2v) is 4.39. The largest absolute Gasteiger partial charge is 0.496 e. The molecule has 0 aliphatic heterocycles. The number of nitrogens with one attached hydrogen (secondary N) is 2. The molecule has 2 aromatic rings. The standard InChI is InChI=1S/C15H20N4O/c1-4-16-14-11(2)15(19-10-18-14)17-9-12-7-5-6-8-13(12)20-3/h5-8,10H,4,9H2,1-3H3,(H2,16,17,18,19). The molecular formula is C15H20N4O. The molecular weight excluding hydrogens is 252 g/mol. The molecule has 0 radical (unpaired) electrons. The van der Waals surface area contributed by atoms with Crippen molar-refractivity contribution in [2.75, 3.05) is 24.3 Å². The van der Waals surface area contributed by atoms with Gasteiger partial charge in [0.2, 0.25) is 0 Å². The molecule has 0 unspecified atom stereocenters. The quantitative estimate of drug-likeness (QED) is 0.846. The van der Waals surface area contributed by atoms with E-state index in [0.29, 0.717) is 6.54 Å². The zero-order chi connectivity index (χ0) is 14.4. The SMILES string of the molecule is CCNc1ncnc(NCc2ccccc2OC)c1C. The maximum absolute atomic E-state index is 5.34. The normalized spacial score (nSPS) is 10.2. The highest BCUT2D eigenvalue weighted by molar-refractivity contribution is 5.56. The van der Waals surface area contributed by atoms with Crippen LogP contribution in [0.5, 0.6) is 5.75 Å². The summed E-state index contributed by atoms with van der Waals surface area (Å²) in [7, 11) is 1.68. The van der Waals surface area contributed by atoms with Crippen molar-refractivity contribution in [2.24, 2.45) is 0 Å². The lowest BCUT2D eigenvalue weighted by Crippen LogP contribution is -2.08. The summed E-state index contributed by atoms with van der Waals surface area (Å²) < 4.78 is 5.34. The summed E-state index contributed by atoms with van der Waals surface area (Å²) in [6.07, 6.45) is 1.57. The molecule has 0 aliphatic rings. The number of methoxy groups -OCH3 is 1. The van der Waals surface area contributed by atoms with Gasteiger partial charge in [0.15, 0.2) is 0 Å². The van der Waals surface area contributed by atoms with Gasteiger partial charge in [-0.25, -0.2) is 9.97 Å². The van der Waals surface area contributed by atoms with Gasteiger partial charge < -0.3 is 15.4 Å². The zero-order valence-electron chi connectivity index (χ0n) is 12.1. The van der Waals surface area contributed by atoms with Crippen molar-refractivity contribution in [3.8, 4) is 5.75 Å². The molecule has 0 spiro atoms. The number of ether oxygens (including phenoxy) is 1. The van der Waals surface area contributed by atoms with E-state index in [2.05, 4.69) is 20.6 Å². The monoisotopic (exact) mass is 272 g/mol. The van der Waals surface area contributed by atoms with Crippen LogP contribution in [0.15, 0.2) is 30.6 Å². The topological polar surface area (TPSA) is 59.1 Å². The molecule has 5 nitrogen and oxygen atoms in total. The molecule has 0 saturated heterocycles. The summed E-state index contributed by atoms with van der Waals surface area (Å²) in [5.41, 5.74) is 2.11. The van der Waals surface area contributed by atoms with Crippen LogP contribution in [0, 0.1) is 6.92 Å². The molecule has 0 aliphatic carbocycles. The molecule has 2 N–H and O–H groups in total. The molecule has 106 valence electrons. The first kappa shape index (κ1) is 14.1. The summed E-state index contributed by atoms with van der Waals surface area (Å²) in [6, 6.07) is 7.94. The predicted molar refractivity (Wildman–Crippen MR) is 81.3 cm³/mol. The van der Waals surface area contributed by atoms with Crippen LogP contribution < -0.4 is 15.4 Å². The fourth-order valence-corrected chi connectivity index (χ4v) is 2.00. The van der Waals surface area contributed by atoms with Crippen LogP contribution in [0.3, 0.4) is 0 Å². The average molecular weight is 272 g/mol. The van der Waals surface area contributed by atoms with Crippen molar-refractivity contribution in [3.63, 3.8) is 0 Å². The van der Waals surface area contributed by atoms with Crippen LogP contribution >= 0.6 is 0 Å². The number of para-hydroxylation sites is 1. The highest BCUT2D eigenvalue weighted by Gasteiger charge is 2.07. The molecule has 1 heterocycles. The third kappa shape index (κ3) is 3.17. The van der Waals surface area contributed by atoms with Gasteiger partial charge in [-0.2, -0.15) is 0 Å². The molecule has 1 aromatic carbocycles. The zero-order valence-corrected chi connectivity index (χ0v) is 12.1. The van der Waals surface area contributed by atoms with E-state index in [9.17, 15) is 0 Å². The fourth-order valence-electron chi connectivity index (χ4n) is 2.00. The minimum Gasteiger partial charge on any atom is -0.496 e. The number of benzene rings is 1. The Balaban J connectivity index is 2.13. The summed E-state index contributed by atoms with van der Waals surface area (Å²) in [5.74, 6) is 2.57. The first-order valence-corrected chi connectivity index (χ1v) is 6.67. The Morgan fingerprint density at radius 2 is 1.80 bits per heavy atom. The number of rotatable bonds is 6. The molecule has 0 atom stereocenters. The Morgan fingerprint density at radius 1 is 1.10 bits per heavy atom. The third-order valence-electron chi connectivity index (χ3n) is 3.07. The third-order valence-corrected chi connectivity index (χ3v) is 3.07. The summed E-state index contributed by atoms with van der Waals surface area (Å²) in [4.78, 5) is 8.52. The molecule has 0 saturated carbocycles. The minimum atomic E-state index is 0.660. The van der Waals surface area contributed by atoms with Gasteiger partial charge in [-0.1, -0.05) is 18.2 Å². The molecule has 1 aromatic heterocycles. The Labute approximate surface area is 119 Å². The van der Waals surface area contributed by atoms with Crippen LogP contribution in [0.1, 0.15) is 18.1 Å². The first-order valence-electron chi connectivity index (χ1n) is 6.67. The number of hydrogen-bond donors (Lipinski definition) is 2. The van der Waals surface area contributed by atoms with E-state index >= 15 is 0 Å². The lowest BCUT2D eigenvalue weighted by Gasteiger charge is -2.13. The van der Waals surface area contributed by atoms with Crippen LogP contribution in [0.2, 0.25) is 0 Å². The van der Waals surface area contributed by atoms with Gasteiger partial charge in [-0.15, -0.1) is 0 Å². The van der Waals surface area contributed by atoms with Crippen molar-refractivity contribution >= 4 is 11.6 Å². The summed E-state index contributed by atoms with van der Waals surface area (Å²) in [6.45, 7) is 5.54. The Morgan fingerprint density at radius 3 is 2.50 bits per heavy atom. The van der Waals surface area contributed by atoms with E-state index < -0.39 is 0 Å². The molecule has 0 bridgehead atoms. The number of hydrogen-bond acceptors (Lipinski definition) is 5. The fraction of sp³-hybridized carbons (Fsp3) is 0.333. The van der Waals surface area contributed by atoms with Gasteiger partial charge in [-0.3, -0.25) is 0 Å². The molecule has 0 fully saturated rings. The molecule has 5 heteroatoms. The van der Waals surface area contributed by atoms with E-state index in [1.807, 2.05) is 38.1 Å². The predicted octanol–water partition coefficient (Wildman–Crippen LogP) is 2.84. The van der Waals surface area contributed by atoms with Gasteiger partial charge in [0, 0.05) is 24.2 Å². The lowest BCUT2D eigenvalue weighted by molar-refractivity contribution is 0.410. The van der Waals surface area contributed by atoms with Gasteiger partial charge in [-0.05, 0) is 19.9 Å². The van der Waals surface area contributed by atoms with Crippen LogP contribution in [-0.4, -0.2) is 23.6 Å². The van der Waals surface area contributed by atoms with Crippen molar-refractivity contribution in [2.45, 2.75) is 20.4 Å². The number of aromatic nitrogens is 2. The smallest absolute Gasteiger partial charge is 0.134 e. The van der Waals surface area contributed by atoms with Crippen LogP contribution in [0.25, 0.3) is 0 Å². The second-order valence-electron chi connectivity index (χ2n) is 4.39. The lowest BCUT2D eigenvalue weighted by atomic mass is 10.2. The van der Waals surface area contributed by atoms with E-state index in [-0.39, 0.29) is 0 Å². The molecule has 0 amide bonds. The highest BCUT2D eigenvalue weighted by atomic mass is 16.5. The van der Waals surface area contributed by atoms with Gasteiger partial charge >= 0.3 is 0 Å². The summed E-state index contributed by atoms with van der Waals surface area (Å²) in [5, 5.41) is 6.55. The van der Waals surface area contributed by atoms with E-state index in [4.69, 9.17) is 4.74 Å². The van der Waals surface area contributed by atoms with Crippen molar-refractivity contribution in [3.05, 3.63) is 41.7 Å². The average Bonchev–Trinajstić information content (AvgIpc) is 2.48. The summed E-state index contributed by atoms with van der Waals surface area (Å²) >= 11 is 0. The van der Waals surface area contributed by atoms with E-state index in [1.54, 1.807) is 13.4 Å². The van der Waals surface area contributed by atoms with Crippen LogP contribution in [-0.2, 0) is 6.54 Å². The van der Waals surface area contributed by atoms with Crippen molar-refractivity contribution in [1.82, 2.24) is 9.97 Å². The highest BCUT2D eigenvalue weighted by Crippen LogP contribution is 2.21. The van der Waals surface area contributed by atoms with Crippen molar-refractivity contribution < 1.29 is 4.74 Å². The number of nitrogens with zero attached hydrogens (tertiary/aromatic N) is 2. The van der Waals surface area contributed by atoms with Crippen LogP contribution in [0.4, 0.5) is 11.6 Å².